The third-order valence-corrected chi connectivity index (χ3v) is 2.63. The molecule has 2 atom stereocenters. The lowest BCUT2D eigenvalue weighted by molar-refractivity contribution is -0.163. The molecule has 18 heavy (non-hydrogen) atoms. The van der Waals surface area contributed by atoms with Crippen molar-refractivity contribution in [2.75, 3.05) is 0 Å². The minimum Gasteiger partial charge on any atom is -0.481 e. The molecule has 0 spiro atoms. The highest BCUT2D eigenvalue weighted by atomic mass is 16.6. The minimum atomic E-state index is -0.949. The fourth-order valence-corrected chi connectivity index (χ4v) is 1.96. The van der Waals surface area contributed by atoms with Crippen LogP contribution in [0.4, 0.5) is 0 Å². The quantitative estimate of drug-likeness (QED) is 0.712. The van der Waals surface area contributed by atoms with Crippen molar-refractivity contribution in [1.82, 2.24) is 0 Å². The van der Waals surface area contributed by atoms with E-state index in [2.05, 4.69) is 6.92 Å². The van der Waals surface area contributed by atoms with Crippen LogP contribution in [-0.2, 0) is 14.3 Å². The van der Waals surface area contributed by atoms with Gasteiger partial charge in [-0.1, -0.05) is 26.7 Å². The van der Waals surface area contributed by atoms with Crippen molar-refractivity contribution in [2.24, 2.45) is 11.8 Å². The number of carbonyl (C=O) groups excluding carboxylic acids is 1. The van der Waals surface area contributed by atoms with Crippen LogP contribution < -0.4 is 0 Å². The Morgan fingerprint density at radius 1 is 1.28 bits per heavy atom. The van der Waals surface area contributed by atoms with Crippen LogP contribution in [0.25, 0.3) is 0 Å². The highest BCUT2D eigenvalue weighted by Crippen LogP contribution is 2.23. The first-order valence-corrected chi connectivity index (χ1v) is 6.60. The molecule has 0 fully saturated rings. The van der Waals surface area contributed by atoms with Gasteiger partial charge in [0.05, 0.1) is 12.3 Å². The van der Waals surface area contributed by atoms with E-state index in [1.54, 1.807) is 20.8 Å². The fourth-order valence-electron chi connectivity index (χ4n) is 1.96. The SMILES string of the molecule is CCC[C@@H](C)C[C@@H](CC(=O)O)C(=O)OC(C)(C)C. The Balaban J connectivity index is 4.56. The molecule has 4 nitrogen and oxygen atoms in total. The highest BCUT2D eigenvalue weighted by Gasteiger charge is 2.28. The molecule has 0 saturated heterocycles. The summed E-state index contributed by atoms with van der Waals surface area (Å²) in [5.74, 6) is -1.54. The molecule has 0 unspecified atom stereocenters. The molecule has 0 amide bonds. The number of rotatable bonds is 7. The number of carboxylic acid groups (broad SMARTS) is 1. The molecule has 0 saturated carbocycles. The Kier molecular flexibility index (Phi) is 6.96. The molecule has 106 valence electrons. The zero-order valence-electron chi connectivity index (χ0n) is 12.2. The zero-order chi connectivity index (χ0) is 14.3. The summed E-state index contributed by atoms with van der Waals surface area (Å²) in [5.41, 5.74) is -0.568. The predicted octanol–water partition coefficient (Wildman–Crippen LogP) is 3.25. The van der Waals surface area contributed by atoms with Gasteiger partial charge in [-0.2, -0.15) is 0 Å². The maximum Gasteiger partial charge on any atom is 0.310 e. The van der Waals surface area contributed by atoms with E-state index in [-0.39, 0.29) is 6.42 Å². The topological polar surface area (TPSA) is 63.6 Å². The maximum absolute atomic E-state index is 11.9. The van der Waals surface area contributed by atoms with Crippen LogP contribution in [0, 0.1) is 11.8 Å². The predicted molar refractivity (Wildman–Crippen MR) is 70.3 cm³/mol. The summed E-state index contributed by atoms with van der Waals surface area (Å²) in [6.45, 7) is 9.49. The van der Waals surface area contributed by atoms with E-state index in [9.17, 15) is 9.59 Å². The highest BCUT2D eigenvalue weighted by molar-refractivity contribution is 5.79. The number of esters is 1. The second-order valence-electron chi connectivity index (χ2n) is 5.96. The number of carbonyl (C=O) groups is 2. The Morgan fingerprint density at radius 3 is 2.22 bits per heavy atom. The van der Waals surface area contributed by atoms with Crippen LogP contribution in [0.3, 0.4) is 0 Å². The largest absolute Gasteiger partial charge is 0.481 e. The second kappa shape index (κ2) is 7.39. The van der Waals surface area contributed by atoms with Gasteiger partial charge >= 0.3 is 11.9 Å². The molecular formula is C14H26O4. The van der Waals surface area contributed by atoms with Crippen LogP contribution in [0.2, 0.25) is 0 Å². The first-order valence-electron chi connectivity index (χ1n) is 6.60. The molecule has 0 aromatic rings. The van der Waals surface area contributed by atoms with Gasteiger partial charge in [-0.3, -0.25) is 9.59 Å². The summed E-state index contributed by atoms with van der Waals surface area (Å²) in [7, 11) is 0. The van der Waals surface area contributed by atoms with Crippen molar-refractivity contribution < 1.29 is 19.4 Å². The summed E-state index contributed by atoms with van der Waals surface area (Å²) in [5, 5.41) is 8.87. The Labute approximate surface area is 110 Å². The lowest BCUT2D eigenvalue weighted by atomic mass is 9.90. The third-order valence-electron chi connectivity index (χ3n) is 2.63. The average Bonchev–Trinajstić information content (AvgIpc) is 2.13. The number of aliphatic carboxylic acids is 1. The summed E-state index contributed by atoms with van der Waals surface area (Å²) in [6, 6.07) is 0. The molecule has 4 heteroatoms. The van der Waals surface area contributed by atoms with Gasteiger partial charge < -0.3 is 9.84 Å². The number of carboxylic acids is 1. The van der Waals surface area contributed by atoms with Crippen molar-refractivity contribution in [3.63, 3.8) is 0 Å². The number of hydrogen-bond donors (Lipinski definition) is 1. The molecule has 1 N–H and O–H groups in total. The first kappa shape index (κ1) is 16.9. The van der Waals surface area contributed by atoms with E-state index in [4.69, 9.17) is 9.84 Å². The van der Waals surface area contributed by atoms with Crippen molar-refractivity contribution in [1.29, 1.82) is 0 Å². The molecule has 0 aromatic carbocycles. The Morgan fingerprint density at radius 2 is 1.83 bits per heavy atom. The minimum absolute atomic E-state index is 0.150. The van der Waals surface area contributed by atoms with Gasteiger partial charge in [0.15, 0.2) is 0 Å². The fraction of sp³-hybridized carbons (Fsp3) is 0.857. The van der Waals surface area contributed by atoms with Gasteiger partial charge in [0, 0.05) is 0 Å². The number of hydrogen-bond acceptors (Lipinski definition) is 3. The molecule has 0 heterocycles. The van der Waals surface area contributed by atoms with E-state index in [1.165, 1.54) is 0 Å². The molecular weight excluding hydrogens is 232 g/mol. The summed E-state index contributed by atoms with van der Waals surface area (Å²) >= 11 is 0. The molecule has 0 bridgehead atoms. The second-order valence-corrected chi connectivity index (χ2v) is 5.96. The molecule has 0 aromatic heterocycles. The van der Waals surface area contributed by atoms with Crippen LogP contribution >= 0.6 is 0 Å². The number of ether oxygens (including phenoxy) is 1. The zero-order valence-corrected chi connectivity index (χ0v) is 12.2. The lowest BCUT2D eigenvalue weighted by Gasteiger charge is -2.24. The van der Waals surface area contributed by atoms with Gasteiger partial charge in [0.1, 0.15) is 5.60 Å². The van der Waals surface area contributed by atoms with Crippen molar-refractivity contribution in [3.8, 4) is 0 Å². The first-order chi connectivity index (χ1) is 8.15. The van der Waals surface area contributed by atoms with E-state index >= 15 is 0 Å². The van der Waals surface area contributed by atoms with Gasteiger partial charge in [0.25, 0.3) is 0 Å². The third kappa shape index (κ3) is 8.09. The van der Waals surface area contributed by atoms with Crippen LogP contribution in [0.1, 0.15) is 60.3 Å². The van der Waals surface area contributed by atoms with Crippen LogP contribution in [0.15, 0.2) is 0 Å². The van der Waals surface area contributed by atoms with E-state index in [0.29, 0.717) is 12.3 Å². The molecule has 0 rings (SSSR count). The van der Waals surface area contributed by atoms with Gasteiger partial charge in [0.2, 0.25) is 0 Å². The van der Waals surface area contributed by atoms with E-state index < -0.39 is 23.5 Å². The van der Waals surface area contributed by atoms with E-state index in [0.717, 1.165) is 12.8 Å². The summed E-state index contributed by atoms with van der Waals surface area (Å²) in [4.78, 5) is 22.8. The summed E-state index contributed by atoms with van der Waals surface area (Å²) < 4.78 is 5.28. The summed E-state index contributed by atoms with van der Waals surface area (Å²) in [6.07, 6.45) is 2.46. The maximum atomic E-state index is 11.9. The standard InChI is InChI=1S/C14H26O4/c1-6-7-10(2)8-11(9-12(15)16)13(17)18-14(3,4)5/h10-11H,6-9H2,1-5H3,(H,15,16)/t10-,11+/m1/s1. The lowest BCUT2D eigenvalue weighted by Crippen LogP contribution is -2.30. The van der Waals surface area contributed by atoms with Gasteiger partial charge in [-0.25, -0.2) is 0 Å². The van der Waals surface area contributed by atoms with Crippen molar-refractivity contribution in [3.05, 3.63) is 0 Å². The van der Waals surface area contributed by atoms with Crippen LogP contribution in [-0.4, -0.2) is 22.6 Å². The molecule has 0 aliphatic carbocycles. The monoisotopic (exact) mass is 258 g/mol. The van der Waals surface area contributed by atoms with Gasteiger partial charge in [-0.15, -0.1) is 0 Å². The average molecular weight is 258 g/mol. The molecule has 0 aliphatic heterocycles. The molecule has 0 aliphatic rings. The van der Waals surface area contributed by atoms with Gasteiger partial charge in [-0.05, 0) is 33.1 Å². The van der Waals surface area contributed by atoms with Crippen molar-refractivity contribution in [2.45, 2.75) is 65.9 Å². The molecule has 0 radical (unpaired) electrons. The Hall–Kier alpha value is -1.06. The normalized spacial score (nSPS) is 14.9. The van der Waals surface area contributed by atoms with Crippen LogP contribution in [0.5, 0.6) is 0 Å². The van der Waals surface area contributed by atoms with E-state index in [1.807, 2.05) is 6.92 Å². The smallest absolute Gasteiger partial charge is 0.310 e. The Bertz CT molecular complexity index is 278. The van der Waals surface area contributed by atoms with Crippen molar-refractivity contribution >= 4 is 11.9 Å².